The molecule has 2 amide bonds. The number of furan rings is 1. The van der Waals surface area contributed by atoms with Crippen molar-refractivity contribution >= 4 is 34.4 Å². The van der Waals surface area contributed by atoms with Crippen LogP contribution < -0.4 is 10.6 Å². The second-order valence-electron chi connectivity index (χ2n) is 7.33. The van der Waals surface area contributed by atoms with Crippen LogP contribution in [0.4, 0.5) is 0 Å². The molecular weight excluding hydrogens is 428 g/mol. The van der Waals surface area contributed by atoms with Crippen molar-refractivity contribution in [3.63, 3.8) is 0 Å². The minimum atomic E-state index is -0.146. The minimum Gasteiger partial charge on any atom is -0.467 e. The van der Waals surface area contributed by atoms with Gasteiger partial charge in [0.25, 0.3) is 5.91 Å². The summed E-state index contributed by atoms with van der Waals surface area (Å²) in [5.41, 5.74) is 2.31. The van der Waals surface area contributed by atoms with E-state index < -0.39 is 0 Å². The predicted octanol–water partition coefficient (Wildman–Crippen LogP) is 3.96. The molecule has 0 fully saturated rings. The molecule has 0 unspecified atom stereocenters. The van der Waals surface area contributed by atoms with E-state index in [9.17, 15) is 9.59 Å². The zero-order valence-electron chi connectivity index (χ0n) is 17.4. The third kappa shape index (κ3) is 5.36. The van der Waals surface area contributed by atoms with E-state index in [0.29, 0.717) is 42.3 Å². The molecule has 164 valence electrons. The molecule has 4 rings (SSSR count). The average Bonchev–Trinajstić information content (AvgIpc) is 3.44. The quantitative estimate of drug-likeness (QED) is 0.378. The molecule has 2 aromatic carbocycles. The lowest BCUT2D eigenvalue weighted by Crippen LogP contribution is -2.28. The van der Waals surface area contributed by atoms with Crippen LogP contribution in [-0.2, 0) is 24.3 Å². The summed E-state index contributed by atoms with van der Waals surface area (Å²) >= 11 is 5.87. The van der Waals surface area contributed by atoms with Crippen molar-refractivity contribution in [1.82, 2.24) is 20.2 Å². The first kappa shape index (κ1) is 21.6. The highest BCUT2D eigenvalue weighted by Crippen LogP contribution is 2.17. The van der Waals surface area contributed by atoms with Gasteiger partial charge in [-0.2, -0.15) is 0 Å². The van der Waals surface area contributed by atoms with Gasteiger partial charge in [-0.25, -0.2) is 4.98 Å². The molecule has 0 aliphatic carbocycles. The van der Waals surface area contributed by atoms with E-state index in [4.69, 9.17) is 21.0 Å². The summed E-state index contributed by atoms with van der Waals surface area (Å²) in [4.78, 5) is 29.5. The van der Waals surface area contributed by atoms with Crippen LogP contribution >= 0.6 is 11.6 Å². The van der Waals surface area contributed by atoms with Gasteiger partial charge in [-0.3, -0.25) is 9.59 Å². The fourth-order valence-electron chi connectivity index (χ4n) is 3.44. The van der Waals surface area contributed by atoms with Crippen LogP contribution in [0, 0.1) is 0 Å². The zero-order chi connectivity index (χ0) is 22.3. The number of amides is 2. The maximum atomic E-state index is 12.5. The summed E-state index contributed by atoms with van der Waals surface area (Å²) in [5, 5.41) is 6.37. The summed E-state index contributed by atoms with van der Waals surface area (Å²) in [6, 6.07) is 18.1. The Morgan fingerprint density at radius 3 is 2.59 bits per heavy atom. The zero-order valence-corrected chi connectivity index (χ0v) is 18.1. The molecule has 2 aromatic heterocycles. The van der Waals surface area contributed by atoms with Gasteiger partial charge >= 0.3 is 0 Å². The minimum absolute atomic E-state index is 0.123. The van der Waals surface area contributed by atoms with Gasteiger partial charge in [0.2, 0.25) is 5.91 Å². The molecule has 0 bridgehead atoms. The molecule has 2 heterocycles. The Bertz CT molecular complexity index is 1200. The molecule has 0 spiro atoms. The van der Waals surface area contributed by atoms with E-state index >= 15 is 0 Å². The Morgan fingerprint density at radius 2 is 1.81 bits per heavy atom. The number of benzene rings is 2. The third-order valence-corrected chi connectivity index (χ3v) is 5.30. The number of halogens is 1. The van der Waals surface area contributed by atoms with Crippen LogP contribution in [0.1, 0.15) is 28.4 Å². The molecule has 32 heavy (non-hydrogen) atoms. The van der Waals surface area contributed by atoms with E-state index in [1.165, 1.54) is 0 Å². The number of para-hydroxylation sites is 2. The number of hydrogen-bond donors (Lipinski definition) is 2. The largest absolute Gasteiger partial charge is 0.467 e. The Hall–Kier alpha value is -3.58. The lowest BCUT2D eigenvalue weighted by atomic mass is 10.2. The van der Waals surface area contributed by atoms with Crippen molar-refractivity contribution in [3.05, 3.63) is 89.1 Å². The Kier molecular flexibility index (Phi) is 6.87. The highest BCUT2D eigenvalue weighted by molar-refractivity contribution is 6.30. The normalized spacial score (nSPS) is 10.9. The Morgan fingerprint density at radius 1 is 1.00 bits per heavy atom. The summed E-state index contributed by atoms with van der Waals surface area (Å²) in [6.07, 6.45) is 2.90. The smallest absolute Gasteiger partial charge is 0.251 e. The molecular formula is C24H23ClN4O3. The van der Waals surface area contributed by atoms with Gasteiger partial charge in [0.1, 0.15) is 18.1 Å². The molecule has 0 atom stereocenters. The summed E-state index contributed by atoms with van der Waals surface area (Å²) in [6.45, 7) is 0.994. The molecule has 0 radical (unpaired) electrons. The summed E-state index contributed by atoms with van der Waals surface area (Å²) in [7, 11) is 0. The second kappa shape index (κ2) is 10.2. The SMILES string of the molecule is O=C(Cn1c(CCCNC(=O)c2ccc(Cl)cc2)nc2ccccc21)NCc1ccco1. The number of aromatic nitrogens is 2. The number of fused-ring (bicyclic) bond motifs is 1. The van der Waals surface area contributed by atoms with Crippen molar-refractivity contribution in [2.24, 2.45) is 0 Å². The van der Waals surface area contributed by atoms with Crippen LogP contribution in [0.25, 0.3) is 11.0 Å². The van der Waals surface area contributed by atoms with Gasteiger partial charge in [-0.15, -0.1) is 0 Å². The van der Waals surface area contributed by atoms with E-state index in [0.717, 1.165) is 16.9 Å². The first-order valence-electron chi connectivity index (χ1n) is 10.4. The highest BCUT2D eigenvalue weighted by atomic mass is 35.5. The molecule has 0 saturated carbocycles. The van der Waals surface area contributed by atoms with Gasteiger partial charge in [0.15, 0.2) is 0 Å². The fraction of sp³-hybridized carbons (Fsp3) is 0.208. The predicted molar refractivity (Wildman–Crippen MR) is 122 cm³/mol. The van der Waals surface area contributed by atoms with Crippen molar-refractivity contribution < 1.29 is 14.0 Å². The van der Waals surface area contributed by atoms with Gasteiger partial charge in [0, 0.05) is 23.6 Å². The molecule has 2 N–H and O–H groups in total. The molecule has 0 aliphatic rings. The molecule has 4 aromatic rings. The second-order valence-corrected chi connectivity index (χ2v) is 7.76. The van der Waals surface area contributed by atoms with Crippen molar-refractivity contribution in [3.8, 4) is 0 Å². The molecule has 0 aliphatic heterocycles. The van der Waals surface area contributed by atoms with Crippen molar-refractivity contribution in [1.29, 1.82) is 0 Å². The van der Waals surface area contributed by atoms with Crippen LogP contribution in [0.2, 0.25) is 5.02 Å². The van der Waals surface area contributed by atoms with Gasteiger partial charge in [-0.05, 0) is 55.0 Å². The monoisotopic (exact) mass is 450 g/mol. The number of nitrogens with one attached hydrogen (secondary N) is 2. The standard InChI is InChI=1S/C24H23ClN4O3/c25-18-11-9-17(10-12-18)24(31)26-13-3-8-22-28-20-6-1-2-7-21(20)29(22)16-23(30)27-15-19-5-4-14-32-19/h1-2,4-7,9-12,14H,3,8,13,15-16H2,(H,26,31)(H,27,30). The van der Waals surface area contributed by atoms with Crippen molar-refractivity contribution in [2.45, 2.75) is 25.9 Å². The lowest BCUT2D eigenvalue weighted by molar-refractivity contribution is -0.121. The first-order chi connectivity index (χ1) is 15.6. The topological polar surface area (TPSA) is 89.2 Å². The van der Waals surface area contributed by atoms with Crippen LogP contribution in [0.5, 0.6) is 0 Å². The number of nitrogens with zero attached hydrogens (tertiary/aromatic N) is 2. The Labute approximate surface area is 190 Å². The molecule has 7 nitrogen and oxygen atoms in total. The van der Waals surface area contributed by atoms with E-state index in [2.05, 4.69) is 10.6 Å². The summed E-state index contributed by atoms with van der Waals surface area (Å²) in [5.74, 6) is 1.24. The maximum absolute atomic E-state index is 12.5. The van der Waals surface area contributed by atoms with Crippen LogP contribution in [0.15, 0.2) is 71.3 Å². The third-order valence-electron chi connectivity index (χ3n) is 5.04. The van der Waals surface area contributed by atoms with E-state index in [1.54, 1.807) is 36.6 Å². The van der Waals surface area contributed by atoms with Gasteiger partial charge < -0.3 is 19.6 Å². The number of carbonyl (C=O) groups is 2. The maximum Gasteiger partial charge on any atom is 0.251 e. The lowest BCUT2D eigenvalue weighted by Gasteiger charge is -2.10. The highest BCUT2D eigenvalue weighted by Gasteiger charge is 2.14. The van der Waals surface area contributed by atoms with Gasteiger partial charge in [0.05, 0.1) is 23.8 Å². The number of aryl methyl sites for hydroxylation is 1. The molecule has 8 heteroatoms. The number of imidazole rings is 1. The Balaban J connectivity index is 1.36. The molecule has 0 saturated heterocycles. The first-order valence-corrected chi connectivity index (χ1v) is 10.7. The number of rotatable bonds is 9. The van der Waals surface area contributed by atoms with Gasteiger partial charge in [-0.1, -0.05) is 23.7 Å². The van der Waals surface area contributed by atoms with Crippen molar-refractivity contribution in [2.75, 3.05) is 6.54 Å². The van der Waals surface area contributed by atoms with E-state index in [-0.39, 0.29) is 18.4 Å². The number of hydrogen-bond acceptors (Lipinski definition) is 4. The van der Waals surface area contributed by atoms with Crippen LogP contribution in [0.3, 0.4) is 0 Å². The fourth-order valence-corrected chi connectivity index (χ4v) is 3.57. The summed E-state index contributed by atoms with van der Waals surface area (Å²) < 4.78 is 7.19. The number of carbonyl (C=O) groups excluding carboxylic acids is 2. The van der Waals surface area contributed by atoms with Crippen LogP contribution in [-0.4, -0.2) is 27.9 Å². The van der Waals surface area contributed by atoms with E-state index in [1.807, 2.05) is 34.9 Å². The average molecular weight is 451 g/mol.